The molecule has 1 atom stereocenters. The Morgan fingerprint density at radius 2 is 1.58 bits per heavy atom. The van der Waals surface area contributed by atoms with E-state index in [1.54, 1.807) is 52.0 Å². The first-order chi connectivity index (χ1) is 15.2. The van der Waals surface area contributed by atoms with Crippen LogP contribution in [-0.2, 0) is 19.6 Å². The van der Waals surface area contributed by atoms with Crippen molar-refractivity contribution < 1.29 is 27.5 Å². The monoisotopic (exact) mass is 475 g/mol. The van der Waals surface area contributed by atoms with Crippen molar-refractivity contribution in [1.82, 2.24) is 10.6 Å². The summed E-state index contributed by atoms with van der Waals surface area (Å²) in [6.45, 7) is 10.0. The van der Waals surface area contributed by atoms with Crippen LogP contribution >= 0.6 is 0 Å². The predicted molar refractivity (Wildman–Crippen MR) is 124 cm³/mol. The topological polar surface area (TPSA) is 131 Å². The molecular formula is C23H29N3O6S. The number of rotatable bonds is 6. The lowest BCUT2D eigenvalue weighted by Gasteiger charge is -2.21. The Bertz CT molecular complexity index is 1150. The summed E-state index contributed by atoms with van der Waals surface area (Å²) in [5.41, 5.74) is 1.18. The molecule has 0 saturated heterocycles. The average molecular weight is 476 g/mol. The molecule has 0 spiro atoms. The highest BCUT2D eigenvalue weighted by Crippen LogP contribution is 2.22. The first-order valence-electron chi connectivity index (χ1n) is 10.2. The molecule has 3 N–H and O–H groups in total. The first-order valence-corrected chi connectivity index (χ1v) is 11.7. The molecule has 0 fully saturated rings. The zero-order valence-corrected chi connectivity index (χ0v) is 20.3. The van der Waals surface area contributed by atoms with Gasteiger partial charge in [-0.3, -0.25) is 14.8 Å². The fourth-order valence-corrected chi connectivity index (χ4v) is 4.05. The second-order valence-electron chi connectivity index (χ2n) is 8.69. The van der Waals surface area contributed by atoms with Gasteiger partial charge in [-0.2, -0.15) is 0 Å². The van der Waals surface area contributed by atoms with Crippen LogP contribution in [0.4, 0.5) is 10.5 Å². The molecule has 9 nitrogen and oxygen atoms in total. The van der Waals surface area contributed by atoms with Crippen molar-refractivity contribution in [1.29, 1.82) is 0 Å². The Morgan fingerprint density at radius 1 is 0.970 bits per heavy atom. The van der Waals surface area contributed by atoms with E-state index in [0.29, 0.717) is 11.3 Å². The lowest BCUT2D eigenvalue weighted by molar-refractivity contribution is -0.127. The normalized spacial score (nSPS) is 12.4. The van der Waals surface area contributed by atoms with E-state index in [9.17, 15) is 22.8 Å². The maximum absolute atomic E-state index is 12.9. The van der Waals surface area contributed by atoms with E-state index in [0.717, 1.165) is 5.56 Å². The Kier molecular flexibility index (Phi) is 7.86. The van der Waals surface area contributed by atoms with E-state index in [1.807, 2.05) is 6.92 Å². The van der Waals surface area contributed by atoms with Gasteiger partial charge in [-0.05, 0) is 71.4 Å². The molecule has 178 valence electrons. The summed E-state index contributed by atoms with van der Waals surface area (Å²) in [4.78, 5) is 36.4. The number of aryl methyl sites for hydroxylation is 2. The van der Waals surface area contributed by atoms with Crippen LogP contribution in [0.15, 0.2) is 47.4 Å². The zero-order valence-electron chi connectivity index (χ0n) is 19.5. The standard InChI is InChI=1S/C23H29N3O6S/c1-14-7-11-18(12-8-14)26-33(30,31)19-13-17(10-9-15(19)2)21(28)32-16(3)20(27)24-22(29)25-23(4,5)6/h7-13,16,26H,1-6H3,(H2,24,25,27,29). The highest BCUT2D eigenvalue weighted by atomic mass is 32.2. The number of imide groups is 1. The number of amides is 3. The fourth-order valence-electron chi connectivity index (χ4n) is 2.72. The van der Waals surface area contributed by atoms with Crippen LogP contribution in [0.25, 0.3) is 0 Å². The van der Waals surface area contributed by atoms with Gasteiger partial charge in [-0.25, -0.2) is 18.0 Å². The second-order valence-corrected chi connectivity index (χ2v) is 10.3. The largest absolute Gasteiger partial charge is 0.449 e. The molecule has 33 heavy (non-hydrogen) atoms. The van der Waals surface area contributed by atoms with Gasteiger partial charge in [0.2, 0.25) is 0 Å². The molecule has 0 aliphatic rings. The van der Waals surface area contributed by atoms with Gasteiger partial charge in [0.15, 0.2) is 6.10 Å². The molecule has 0 heterocycles. The third kappa shape index (κ3) is 7.60. The number of nitrogens with one attached hydrogen (secondary N) is 3. The third-order valence-electron chi connectivity index (χ3n) is 4.40. The summed E-state index contributed by atoms with van der Waals surface area (Å²) in [6.07, 6.45) is -1.28. The minimum Gasteiger partial charge on any atom is -0.449 e. The Morgan fingerprint density at radius 3 is 2.15 bits per heavy atom. The maximum atomic E-state index is 12.9. The number of ether oxygens (including phenoxy) is 1. The highest BCUT2D eigenvalue weighted by molar-refractivity contribution is 7.92. The highest BCUT2D eigenvalue weighted by Gasteiger charge is 2.24. The van der Waals surface area contributed by atoms with Crippen molar-refractivity contribution in [2.45, 2.75) is 58.1 Å². The number of sulfonamides is 1. The van der Waals surface area contributed by atoms with Gasteiger partial charge in [0, 0.05) is 11.2 Å². The lowest BCUT2D eigenvalue weighted by Crippen LogP contribution is -2.50. The molecule has 2 aromatic carbocycles. The summed E-state index contributed by atoms with van der Waals surface area (Å²) >= 11 is 0. The van der Waals surface area contributed by atoms with Crippen molar-refractivity contribution in [2.24, 2.45) is 0 Å². The minimum absolute atomic E-state index is 0.0522. The summed E-state index contributed by atoms with van der Waals surface area (Å²) in [5.74, 6) is -1.72. The number of esters is 1. The van der Waals surface area contributed by atoms with E-state index in [1.165, 1.54) is 25.1 Å². The van der Waals surface area contributed by atoms with E-state index in [4.69, 9.17) is 4.74 Å². The van der Waals surface area contributed by atoms with E-state index >= 15 is 0 Å². The number of hydrogen-bond donors (Lipinski definition) is 3. The van der Waals surface area contributed by atoms with Crippen LogP contribution in [0.2, 0.25) is 0 Å². The van der Waals surface area contributed by atoms with Gasteiger partial charge >= 0.3 is 12.0 Å². The van der Waals surface area contributed by atoms with Crippen molar-refractivity contribution in [2.75, 3.05) is 4.72 Å². The van der Waals surface area contributed by atoms with Gasteiger partial charge in [0.05, 0.1) is 10.5 Å². The van der Waals surface area contributed by atoms with E-state index < -0.39 is 39.6 Å². The number of carbonyl (C=O) groups excluding carboxylic acids is 3. The Balaban J connectivity index is 2.14. The van der Waals surface area contributed by atoms with Crippen LogP contribution in [0, 0.1) is 13.8 Å². The average Bonchev–Trinajstić information content (AvgIpc) is 2.68. The number of benzene rings is 2. The van der Waals surface area contributed by atoms with Gasteiger partial charge in [-0.1, -0.05) is 23.8 Å². The fraction of sp³-hybridized carbons (Fsp3) is 0.348. The number of carbonyl (C=O) groups is 3. The van der Waals surface area contributed by atoms with Crippen molar-refractivity contribution in [3.05, 3.63) is 59.2 Å². The molecule has 0 bridgehead atoms. The molecule has 1 unspecified atom stereocenters. The molecule has 2 aromatic rings. The van der Waals surface area contributed by atoms with E-state index in [-0.39, 0.29) is 10.5 Å². The lowest BCUT2D eigenvalue weighted by atomic mass is 10.1. The van der Waals surface area contributed by atoms with Gasteiger partial charge in [0.1, 0.15) is 0 Å². The van der Waals surface area contributed by atoms with Crippen LogP contribution in [0.1, 0.15) is 49.2 Å². The molecular weight excluding hydrogens is 446 g/mol. The molecule has 0 aliphatic heterocycles. The van der Waals surface area contributed by atoms with Crippen molar-refractivity contribution in [3.63, 3.8) is 0 Å². The van der Waals surface area contributed by atoms with Crippen LogP contribution in [0.5, 0.6) is 0 Å². The molecule has 10 heteroatoms. The summed E-state index contributed by atoms with van der Waals surface area (Å²) in [5, 5.41) is 4.66. The van der Waals surface area contributed by atoms with Gasteiger partial charge in [-0.15, -0.1) is 0 Å². The summed E-state index contributed by atoms with van der Waals surface area (Å²) in [7, 11) is -3.98. The first kappa shape index (κ1) is 25.9. The predicted octanol–water partition coefficient (Wildman–Crippen LogP) is 3.27. The van der Waals surface area contributed by atoms with Crippen LogP contribution < -0.4 is 15.4 Å². The molecule has 0 aromatic heterocycles. The molecule has 0 saturated carbocycles. The summed E-state index contributed by atoms with van der Waals surface area (Å²) in [6, 6.07) is 10.2. The Labute approximate surface area is 194 Å². The SMILES string of the molecule is Cc1ccc(NS(=O)(=O)c2cc(C(=O)OC(C)C(=O)NC(=O)NC(C)(C)C)ccc2C)cc1. The van der Waals surface area contributed by atoms with Crippen LogP contribution in [0.3, 0.4) is 0 Å². The molecule has 0 aliphatic carbocycles. The minimum atomic E-state index is -3.98. The van der Waals surface area contributed by atoms with Crippen molar-refractivity contribution in [3.8, 4) is 0 Å². The van der Waals surface area contributed by atoms with E-state index in [2.05, 4.69) is 15.4 Å². The zero-order chi connectivity index (χ0) is 25.0. The molecule has 3 amide bonds. The van der Waals surface area contributed by atoms with Crippen LogP contribution in [-0.4, -0.2) is 38.0 Å². The maximum Gasteiger partial charge on any atom is 0.338 e. The van der Waals surface area contributed by atoms with Crippen molar-refractivity contribution >= 4 is 33.6 Å². The second kappa shape index (κ2) is 10.0. The van der Waals surface area contributed by atoms with Gasteiger partial charge in [0.25, 0.3) is 15.9 Å². The smallest absolute Gasteiger partial charge is 0.338 e. The third-order valence-corrected chi connectivity index (χ3v) is 5.92. The molecule has 0 radical (unpaired) electrons. The Hall–Kier alpha value is -3.40. The number of urea groups is 1. The number of anilines is 1. The number of hydrogen-bond acceptors (Lipinski definition) is 6. The molecule has 2 rings (SSSR count). The van der Waals surface area contributed by atoms with Gasteiger partial charge < -0.3 is 10.1 Å². The summed E-state index contributed by atoms with van der Waals surface area (Å²) < 4.78 is 33.4. The quantitative estimate of drug-likeness (QED) is 0.550.